The molecule has 0 fully saturated rings. The van der Waals surface area contributed by atoms with Gasteiger partial charge >= 0.3 is 0 Å². The molecule has 0 radical (unpaired) electrons. The minimum absolute atomic E-state index is 0.209. The molecule has 2 aromatic rings. The van der Waals surface area contributed by atoms with Crippen LogP contribution in [0.3, 0.4) is 0 Å². The first kappa shape index (κ1) is 10.8. The maximum atomic E-state index is 13.3. The number of rotatable bonds is 2. The number of para-hydroxylation sites is 1. The number of nitrogens with one attached hydrogen (secondary N) is 1. The predicted molar refractivity (Wildman–Crippen MR) is 63.4 cm³/mol. The van der Waals surface area contributed by atoms with E-state index in [1.54, 1.807) is 12.1 Å². The van der Waals surface area contributed by atoms with Crippen LogP contribution in [0, 0.1) is 12.7 Å². The van der Waals surface area contributed by atoms with Gasteiger partial charge in [-0.2, -0.15) is 0 Å². The molecule has 4 heteroatoms. The Labute approximate surface area is 96.7 Å². The molecule has 0 saturated heterocycles. The van der Waals surface area contributed by atoms with Crippen molar-refractivity contribution in [3.63, 3.8) is 0 Å². The van der Waals surface area contributed by atoms with E-state index >= 15 is 0 Å². The molecule has 0 aliphatic rings. The number of amides is 1. The first-order valence-corrected chi connectivity index (χ1v) is 5.66. The number of hydrogen-bond acceptors (Lipinski definition) is 2. The minimum Gasteiger partial charge on any atom is -0.319 e. The van der Waals surface area contributed by atoms with Gasteiger partial charge in [-0.15, -0.1) is 11.3 Å². The summed E-state index contributed by atoms with van der Waals surface area (Å²) < 4.78 is 13.3. The Morgan fingerprint density at radius 3 is 2.69 bits per heavy atom. The Bertz CT molecular complexity index is 521. The second-order valence-electron chi connectivity index (χ2n) is 3.37. The highest BCUT2D eigenvalue weighted by Crippen LogP contribution is 2.19. The van der Waals surface area contributed by atoms with Crippen molar-refractivity contribution < 1.29 is 9.18 Å². The number of thiophene rings is 1. The highest BCUT2D eigenvalue weighted by molar-refractivity contribution is 7.12. The van der Waals surface area contributed by atoms with E-state index in [1.807, 2.05) is 18.4 Å². The molecule has 0 spiro atoms. The fourth-order valence-electron chi connectivity index (χ4n) is 1.35. The van der Waals surface area contributed by atoms with Crippen LogP contribution in [0.2, 0.25) is 0 Å². The Morgan fingerprint density at radius 1 is 1.31 bits per heavy atom. The van der Waals surface area contributed by atoms with Gasteiger partial charge in [-0.3, -0.25) is 4.79 Å². The zero-order valence-electron chi connectivity index (χ0n) is 8.66. The number of benzene rings is 1. The summed E-state index contributed by atoms with van der Waals surface area (Å²) in [6, 6.07) is 7.98. The van der Waals surface area contributed by atoms with Crippen LogP contribution in [0.1, 0.15) is 15.2 Å². The van der Waals surface area contributed by atoms with Crippen molar-refractivity contribution in [2.24, 2.45) is 0 Å². The number of carbonyl (C=O) groups excluding carboxylic acids is 1. The normalized spacial score (nSPS) is 10.1. The van der Waals surface area contributed by atoms with E-state index in [0.717, 1.165) is 5.56 Å². The molecule has 1 aromatic heterocycles. The molecular formula is C12H10FNOS. The molecule has 0 aliphatic heterocycles. The van der Waals surface area contributed by atoms with Crippen molar-refractivity contribution >= 4 is 22.9 Å². The third kappa shape index (κ3) is 2.12. The molecule has 0 saturated carbocycles. The Hall–Kier alpha value is -1.68. The van der Waals surface area contributed by atoms with Crippen LogP contribution < -0.4 is 5.32 Å². The summed E-state index contributed by atoms with van der Waals surface area (Å²) in [5.74, 6) is -0.692. The van der Waals surface area contributed by atoms with Crippen molar-refractivity contribution in [3.8, 4) is 0 Å². The number of halogens is 1. The van der Waals surface area contributed by atoms with E-state index in [9.17, 15) is 9.18 Å². The zero-order valence-corrected chi connectivity index (χ0v) is 9.48. The van der Waals surface area contributed by atoms with Crippen LogP contribution in [0.15, 0.2) is 35.7 Å². The van der Waals surface area contributed by atoms with Crippen LogP contribution in [0.4, 0.5) is 10.1 Å². The summed E-state index contributed by atoms with van der Waals surface area (Å²) in [6.45, 7) is 1.85. The number of anilines is 1. The number of carbonyl (C=O) groups is 1. The molecular weight excluding hydrogens is 225 g/mol. The van der Waals surface area contributed by atoms with Crippen LogP contribution >= 0.6 is 11.3 Å². The highest BCUT2D eigenvalue weighted by atomic mass is 32.1. The van der Waals surface area contributed by atoms with Gasteiger partial charge in [0.05, 0.1) is 10.6 Å². The SMILES string of the molecule is Cc1ccsc1C(=O)Nc1ccccc1F. The quantitative estimate of drug-likeness (QED) is 0.848. The van der Waals surface area contributed by atoms with Gasteiger partial charge in [0.2, 0.25) is 0 Å². The second-order valence-corrected chi connectivity index (χ2v) is 4.28. The van der Waals surface area contributed by atoms with Crippen molar-refractivity contribution in [2.75, 3.05) is 5.32 Å². The van der Waals surface area contributed by atoms with Crippen molar-refractivity contribution in [1.82, 2.24) is 0 Å². The lowest BCUT2D eigenvalue weighted by molar-refractivity contribution is 0.102. The topological polar surface area (TPSA) is 29.1 Å². The summed E-state index contributed by atoms with van der Waals surface area (Å²) in [5.41, 5.74) is 1.11. The number of aryl methyl sites for hydroxylation is 1. The van der Waals surface area contributed by atoms with Gasteiger partial charge in [0.25, 0.3) is 5.91 Å². The summed E-state index contributed by atoms with van der Waals surface area (Å²) >= 11 is 1.35. The van der Waals surface area contributed by atoms with Crippen molar-refractivity contribution in [2.45, 2.75) is 6.92 Å². The average molecular weight is 235 g/mol. The summed E-state index contributed by atoms with van der Waals surface area (Å²) in [6.07, 6.45) is 0. The van der Waals surface area contributed by atoms with Crippen LogP contribution in [0.5, 0.6) is 0 Å². The maximum Gasteiger partial charge on any atom is 0.266 e. The monoisotopic (exact) mass is 235 g/mol. The summed E-state index contributed by atoms with van der Waals surface area (Å²) in [7, 11) is 0. The lowest BCUT2D eigenvalue weighted by Gasteiger charge is -2.05. The molecule has 1 aromatic carbocycles. The zero-order chi connectivity index (χ0) is 11.5. The molecule has 2 nitrogen and oxygen atoms in total. The van der Waals surface area contributed by atoms with Crippen molar-refractivity contribution in [1.29, 1.82) is 0 Å². The Kier molecular flexibility index (Phi) is 3.01. The van der Waals surface area contributed by atoms with E-state index in [2.05, 4.69) is 5.32 Å². The van der Waals surface area contributed by atoms with E-state index in [-0.39, 0.29) is 11.6 Å². The van der Waals surface area contributed by atoms with E-state index in [1.165, 1.54) is 23.5 Å². The third-order valence-corrected chi connectivity index (χ3v) is 3.21. The molecule has 0 atom stereocenters. The molecule has 1 amide bonds. The van der Waals surface area contributed by atoms with Gasteiger partial charge in [-0.1, -0.05) is 12.1 Å². The second kappa shape index (κ2) is 4.45. The van der Waals surface area contributed by atoms with Gasteiger partial charge in [0, 0.05) is 0 Å². The fourth-order valence-corrected chi connectivity index (χ4v) is 2.17. The first-order chi connectivity index (χ1) is 7.68. The average Bonchev–Trinajstić information content (AvgIpc) is 2.68. The molecule has 16 heavy (non-hydrogen) atoms. The molecule has 82 valence electrons. The Morgan fingerprint density at radius 2 is 2.06 bits per heavy atom. The maximum absolute atomic E-state index is 13.3. The van der Waals surface area contributed by atoms with Gasteiger partial charge in [-0.25, -0.2) is 4.39 Å². The van der Waals surface area contributed by atoms with Crippen LogP contribution in [-0.4, -0.2) is 5.91 Å². The third-order valence-electron chi connectivity index (χ3n) is 2.19. The van der Waals surface area contributed by atoms with Crippen LogP contribution in [0.25, 0.3) is 0 Å². The lowest BCUT2D eigenvalue weighted by atomic mass is 10.2. The van der Waals surface area contributed by atoms with E-state index in [4.69, 9.17) is 0 Å². The van der Waals surface area contributed by atoms with E-state index in [0.29, 0.717) is 4.88 Å². The largest absolute Gasteiger partial charge is 0.319 e. The molecule has 0 bridgehead atoms. The summed E-state index contributed by atoms with van der Waals surface area (Å²) in [4.78, 5) is 12.4. The standard InChI is InChI=1S/C12H10FNOS/c1-8-6-7-16-11(8)12(15)14-10-5-3-2-4-9(10)13/h2-7H,1H3,(H,14,15). The number of hydrogen-bond donors (Lipinski definition) is 1. The highest BCUT2D eigenvalue weighted by Gasteiger charge is 2.12. The predicted octanol–water partition coefficient (Wildman–Crippen LogP) is 3.45. The van der Waals surface area contributed by atoms with Gasteiger partial charge in [0.15, 0.2) is 0 Å². The molecule has 0 unspecified atom stereocenters. The fraction of sp³-hybridized carbons (Fsp3) is 0.0833. The first-order valence-electron chi connectivity index (χ1n) is 4.78. The lowest BCUT2D eigenvalue weighted by Crippen LogP contribution is -2.12. The smallest absolute Gasteiger partial charge is 0.266 e. The van der Waals surface area contributed by atoms with Gasteiger partial charge in [0.1, 0.15) is 5.82 Å². The van der Waals surface area contributed by atoms with Crippen LogP contribution in [-0.2, 0) is 0 Å². The molecule has 2 rings (SSSR count). The molecule has 1 heterocycles. The van der Waals surface area contributed by atoms with Gasteiger partial charge < -0.3 is 5.32 Å². The summed E-state index contributed by atoms with van der Waals surface area (Å²) in [5, 5.41) is 4.39. The molecule has 1 N–H and O–H groups in total. The van der Waals surface area contributed by atoms with E-state index < -0.39 is 5.82 Å². The van der Waals surface area contributed by atoms with Gasteiger partial charge in [-0.05, 0) is 36.1 Å². The minimum atomic E-state index is -0.426. The van der Waals surface area contributed by atoms with Crippen molar-refractivity contribution in [3.05, 3.63) is 52.0 Å². The Balaban J connectivity index is 2.21. The molecule has 0 aliphatic carbocycles.